The molecule has 0 radical (unpaired) electrons. The molecule has 1 aliphatic heterocycles. The summed E-state index contributed by atoms with van der Waals surface area (Å²) in [6.07, 6.45) is 5.84. The molecule has 1 atom stereocenters. The Kier molecular flexibility index (Phi) is 4.98. The largest absolute Gasteiger partial charge is 0.338 e. The van der Waals surface area contributed by atoms with Crippen molar-refractivity contribution < 1.29 is 4.79 Å². The van der Waals surface area contributed by atoms with Crippen LogP contribution >= 0.6 is 0 Å². The van der Waals surface area contributed by atoms with E-state index in [0.717, 1.165) is 30.6 Å². The normalized spacial score (nSPS) is 18.0. The Hall–Kier alpha value is -2.16. The Balaban J connectivity index is 1.80. The number of carbonyl (C=O) groups is 1. The monoisotopic (exact) mass is 322 g/mol. The summed E-state index contributed by atoms with van der Waals surface area (Å²) in [5.41, 5.74) is 4.02. The lowest BCUT2D eigenvalue weighted by Gasteiger charge is -2.34. The summed E-state index contributed by atoms with van der Waals surface area (Å²) < 4.78 is 0. The van der Waals surface area contributed by atoms with E-state index in [-0.39, 0.29) is 5.91 Å². The van der Waals surface area contributed by atoms with Gasteiger partial charge in [0.05, 0.1) is 5.56 Å². The van der Waals surface area contributed by atoms with Crippen LogP contribution in [0.4, 0.5) is 0 Å². The predicted octanol–water partition coefficient (Wildman–Crippen LogP) is 4.57. The second-order valence-electron chi connectivity index (χ2n) is 7.23. The number of carbonyl (C=O) groups excluding carboxylic acids is 1. The zero-order valence-electron chi connectivity index (χ0n) is 14.8. The van der Waals surface area contributed by atoms with Gasteiger partial charge in [-0.25, -0.2) is 0 Å². The summed E-state index contributed by atoms with van der Waals surface area (Å²) in [5.74, 6) is 1.34. The molecule has 0 spiro atoms. The van der Waals surface area contributed by atoms with Gasteiger partial charge < -0.3 is 4.90 Å². The number of pyridine rings is 1. The molecular weight excluding hydrogens is 296 g/mol. The van der Waals surface area contributed by atoms with Gasteiger partial charge in [-0.15, -0.1) is 0 Å². The molecule has 3 heteroatoms. The van der Waals surface area contributed by atoms with Crippen LogP contribution in [0.1, 0.15) is 42.6 Å². The SMILES string of the molecule is Cc1ccc(-c2cncc(C(=O)N3CCCC(C(C)C)C3)c2)cc1. The number of nitrogens with zero attached hydrogens (tertiary/aromatic N) is 2. The quantitative estimate of drug-likeness (QED) is 0.829. The average molecular weight is 322 g/mol. The van der Waals surface area contributed by atoms with Crippen LogP contribution in [0.5, 0.6) is 0 Å². The Bertz CT molecular complexity index is 706. The highest BCUT2D eigenvalue weighted by Gasteiger charge is 2.26. The highest BCUT2D eigenvalue weighted by Crippen LogP contribution is 2.25. The van der Waals surface area contributed by atoms with E-state index in [1.165, 1.54) is 12.0 Å². The van der Waals surface area contributed by atoms with Crippen LogP contribution in [0.2, 0.25) is 0 Å². The fourth-order valence-electron chi connectivity index (χ4n) is 3.38. The molecule has 3 nitrogen and oxygen atoms in total. The summed E-state index contributed by atoms with van der Waals surface area (Å²) in [4.78, 5) is 19.2. The van der Waals surface area contributed by atoms with Crippen LogP contribution in [0, 0.1) is 18.8 Å². The number of hydrogen-bond acceptors (Lipinski definition) is 2. The van der Waals surface area contributed by atoms with Crippen molar-refractivity contribution in [3.05, 3.63) is 53.9 Å². The maximum Gasteiger partial charge on any atom is 0.255 e. The first kappa shape index (κ1) is 16.7. The number of hydrogen-bond donors (Lipinski definition) is 0. The number of aryl methyl sites for hydroxylation is 1. The third kappa shape index (κ3) is 3.66. The van der Waals surface area contributed by atoms with Gasteiger partial charge in [0, 0.05) is 31.0 Å². The highest BCUT2D eigenvalue weighted by molar-refractivity contribution is 5.95. The first-order valence-electron chi connectivity index (χ1n) is 8.86. The molecule has 0 N–H and O–H groups in total. The van der Waals surface area contributed by atoms with E-state index >= 15 is 0 Å². The molecule has 3 rings (SSSR count). The van der Waals surface area contributed by atoms with Gasteiger partial charge in [-0.3, -0.25) is 9.78 Å². The van der Waals surface area contributed by atoms with E-state index in [9.17, 15) is 4.79 Å². The summed E-state index contributed by atoms with van der Waals surface area (Å²) in [5, 5.41) is 0. The van der Waals surface area contributed by atoms with Crippen molar-refractivity contribution in [2.45, 2.75) is 33.6 Å². The van der Waals surface area contributed by atoms with Gasteiger partial charge in [0.15, 0.2) is 0 Å². The van der Waals surface area contributed by atoms with E-state index in [4.69, 9.17) is 0 Å². The van der Waals surface area contributed by atoms with E-state index in [2.05, 4.69) is 50.0 Å². The lowest BCUT2D eigenvalue weighted by atomic mass is 9.87. The average Bonchev–Trinajstić information content (AvgIpc) is 2.62. The maximum absolute atomic E-state index is 12.9. The molecule has 1 unspecified atom stereocenters. The van der Waals surface area contributed by atoms with Crippen molar-refractivity contribution in [3.8, 4) is 11.1 Å². The van der Waals surface area contributed by atoms with Crippen LogP contribution in [-0.4, -0.2) is 28.9 Å². The molecule has 2 aromatic rings. The molecule has 1 aromatic carbocycles. The fourth-order valence-corrected chi connectivity index (χ4v) is 3.38. The van der Waals surface area contributed by atoms with E-state index in [0.29, 0.717) is 17.4 Å². The molecule has 1 fully saturated rings. The lowest BCUT2D eigenvalue weighted by molar-refractivity contribution is 0.0641. The predicted molar refractivity (Wildman–Crippen MR) is 97.9 cm³/mol. The van der Waals surface area contributed by atoms with Gasteiger partial charge in [0.1, 0.15) is 0 Å². The van der Waals surface area contributed by atoms with Gasteiger partial charge >= 0.3 is 0 Å². The van der Waals surface area contributed by atoms with E-state index < -0.39 is 0 Å². The first-order valence-corrected chi connectivity index (χ1v) is 8.86. The number of piperidine rings is 1. The van der Waals surface area contributed by atoms with Crippen LogP contribution < -0.4 is 0 Å². The van der Waals surface area contributed by atoms with Gasteiger partial charge in [-0.1, -0.05) is 43.7 Å². The maximum atomic E-state index is 12.9. The minimum absolute atomic E-state index is 0.113. The van der Waals surface area contributed by atoms with Gasteiger partial charge in [0.25, 0.3) is 5.91 Å². The second-order valence-corrected chi connectivity index (χ2v) is 7.23. The molecule has 126 valence electrons. The molecule has 1 amide bonds. The smallest absolute Gasteiger partial charge is 0.255 e. The molecule has 0 saturated carbocycles. The highest BCUT2D eigenvalue weighted by atomic mass is 16.2. The van der Waals surface area contributed by atoms with Gasteiger partial charge in [-0.05, 0) is 43.2 Å². The van der Waals surface area contributed by atoms with Crippen molar-refractivity contribution in [1.82, 2.24) is 9.88 Å². The minimum Gasteiger partial charge on any atom is -0.338 e. The number of aromatic nitrogens is 1. The van der Waals surface area contributed by atoms with Crippen molar-refractivity contribution in [2.24, 2.45) is 11.8 Å². The second kappa shape index (κ2) is 7.16. The lowest BCUT2D eigenvalue weighted by Crippen LogP contribution is -2.41. The Morgan fingerprint density at radius 3 is 2.62 bits per heavy atom. The molecule has 0 aliphatic carbocycles. The number of amides is 1. The van der Waals surface area contributed by atoms with Crippen molar-refractivity contribution >= 4 is 5.91 Å². The third-order valence-corrected chi connectivity index (χ3v) is 5.06. The molecule has 2 heterocycles. The number of rotatable bonds is 3. The Morgan fingerprint density at radius 1 is 1.17 bits per heavy atom. The van der Waals surface area contributed by atoms with E-state index in [1.54, 1.807) is 6.20 Å². The molecule has 24 heavy (non-hydrogen) atoms. The number of benzene rings is 1. The zero-order valence-corrected chi connectivity index (χ0v) is 14.8. The summed E-state index contributed by atoms with van der Waals surface area (Å²) in [6.45, 7) is 8.29. The Labute approximate surface area is 144 Å². The van der Waals surface area contributed by atoms with Crippen molar-refractivity contribution in [1.29, 1.82) is 0 Å². The summed E-state index contributed by atoms with van der Waals surface area (Å²) >= 11 is 0. The topological polar surface area (TPSA) is 33.2 Å². The first-order chi connectivity index (χ1) is 11.5. The minimum atomic E-state index is 0.113. The van der Waals surface area contributed by atoms with Crippen LogP contribution in [0.15, 0.2) is 42.7 Å². The fraction of sp³-hybridized carbons (Fsp3) is 0.429. The third-order valence-electron chi connectivity index (χ3n) is 5.06. The van der Waals surface area contributed by atoms with Crippen LogP contribution in [0.3, 0.4) is 0 Å². The van der Waals surface area contributed by atoms with Gasteiger partial charge in [0.2, 0.25) is 0 Å². The molecule has 1 saturated heterocycles. The van der Waals surface area contributed by atoms with Crippen LogP contribution in [0.25, 0.3) is 11.1 Å². The molecular formula is C21H26N2O. The molecule has 1 aliphatic rings. The summed E-state index contributed by atoms with van der Waals surface area (Å²) in [6, 6.07) is 10.3. The zero-order chi connectivity index (χ0) is 17.1. The van der Waals surface area contributed by atoms with Crippen molar-refractivity contribution in [2.75, 3.05) is 13.1 Å². The van der Waals surface area contributed by atoms with E-state index in [1.807, 2.05) is 17.2 Å². The molecule has 1 aromatic heterocycles. The molecule has 0 bridgehead atoms. The number of likely N-dealkylation sites (tertiary alicyclic amines) is 1. The van der Waals surface area contributed by atoms with Gasteiger partial charge in [-0.2, -0.15) is 0 Å². The standard InChI is InChI=1S/C21H26N2O/c1-15(2)18-5-4-10-23(14-18)21(24)20-11-19(12-22-13-20)17-8-6-16(3)7-9-17/h6-9,11-13,15,18H,4-5,10,14H2,1-3H3. The summed E-state index contributed by atoms with van der Waals surface area (Å²) in [7, 11) is 0. The Morgan fingerprint density at radius 2 is 1.92 bits per heavy atom. The van der Waals surface area contributed by atoms with Crippen LogP contribution in [-0.2, 0) is 0 Å². The van der Waals surface area contributed by atoms with Crippen molar-refractivity contribution in [3.63, 3.8) is 0 Å².